The first-order valence-corrected chi connectivity index (χ1v) is 13.2. The van der Waals surface area contributed by atoms with Crippen molar-refractivity contribution in [2.75, 3.05) is 40.4 Å². The molecule has 0 radical (unpaired) electrons. The van der Waals surface area contributed by atoms with Gasteiger partial charge in [0.2, 0.25) is 0 Å². The molecule has 0 unspecified atom stereocenters. The lowest BCUT2D eigenvalue weighted by atomic mass is 10.0. The Balaban J connectivity index is 0. The number of rotatable bonds is 23. The smallest absolute Gasteiger partial charge is 0.357 e. The second kappa shape index (κ2) is 29.1. The third kappa shape index (κ3) is 33.9. The molecular weight excluding hydrogens is 390 g/mol. The molecule has 0 heterocycles. The molecule has 0 atom stereocenters. The van der Waals surface area contributed by atoms with Gasteiger partial charge in [0.1, 0.15) is 4.91 Å². The topological polar surface area (TPSA) is 64.8 Å². The summed E-state index contributed by atoms with van der Waals surface area (Å²) in [5, 5.41) is 8.87. The normalized spacial score (nSPS) is 10.6. The van der Waals surface area contributed by atoms with Gasteiger partial charge in [-0.1, -0.05) is 110 Å². The van der Waals surface area contributed by atoms with Gasteiger partial charge in [0.05, 0.1) is 13.2 Å². The van der Waals surface area contributed by atoms with Crippen LogP contribution in [0.2, 0.25) is 0 Å². The van der Waals surface area contributed by atoms with Gasteiger partial charge in [0.15, 0.2) is 6.61 Å². The lowest BCUT2D eigenvalue weighted by molar-refractivity contribution is -0.843. The van der Waals surface area contributed by atoms with Crippen LogP contribution in [0.5, 0.6) is 0 Å². The van der Waals surface area contributed by atoms with Crippen LogP contribution in [0.3, 0.4) is 0 Å². The molecular formula is C25H56N3O3+. The molecule has 0 spiro atoms. The molecule has 0 bridgehead atoms. The summed E-state index contributed by atoms with van der Waals surface area (Å²) < 4.78 is 0. The summed E-state index contributed by atoms with van der Waals surface area (Å²) in [4.78, 5) is 17.9. The van der Waals surface area contributed by atoms with E-state index in [1.807, 2.05) is 0 Å². The first-order chi connectivity index (χ1) is 15.1. The van der Waals surface area contributed by atoms with Crippen molar-refractivity contribution in [3.63, 3.8) is 0 Å². The van der Waals surface area contributed by atoms with E-state index in [1.54, 1.807) is 0 Å². The van der Waals surface area contributed by atoms with Crippen molar-refractivity contribution in [2.45, 2.75) is 123 Å². The van der Waals surface area contributed by atoms with E-state index in [4.69, 9.17) is 5.11 Å². The Hall–Kier alpha value is -0.880. The molecule has 0 saturated heterocycles. The fourth-order valence-corrected chi connectivity index (χ4v) is 3.46. The molecule has 6 heteroatoms. The van der Waals surface area contributed by atoms with E-state index in [9.17, 15) is 4.91 Å². The summed E-state index contributed by atoms with van der Waals surface area (Å²) in [6.07, 6.45) is 22.8. The summed E-state index contributed by atoms with van der Waals surface area (Å²) in [6.45, 7) is 6.19. The number of aliphatic hydroxyl groups excluding tert-OH is 1. The molecule has 0 amide bonds. The summed E-state index contributed by atoms with van der Waals surface area (Å²) in [6, 6.07) is 0. The lowest BCUT2D eigenvalue weighted by Gasteiger charge is -2.03. The predicted molar refractivity (Wildman–Crippen MR) is 133 cm³/mol. The van der Waals surface area contributed by atoms with Gasteiger partial charge in [-0.2, -0.15) is 0 Å². The van der Waals surface area contributed by atoms with Gasteiger partial charge in [-0.05, 0) is 33.5 Å². The van der Waals surface area contributed by atoms with Crippen LogP contribution in [0.1, 0.15) is 123 Å². The minimum Gasteiger partial charge on any atom is -0.393 e. The molecule has 2 N–H and O–H groups in total. The molecule has 6 nitrogen and oxygen atoms in total. The van der Waals surface area contributed by atoms with Crippen molar-refractivity contribution >= 4 is 0 Å². The van der Waals surface area contributed by atoms with Crippen LogP contribution < -0.4 is 5.43 Å². The molecule has 0 rings (SSSR count). The molecule has 0 aromatic heterocycles. The van der Waals surface area contributed by atoms with E-state index < -0.39 is 0 Å². The van der Waals surface area contributed by atoms with Crippen LogP contribution in [0, 0.1) is 4.91 Å². The van der Waals surface area contributed by atoms with Gasteiger partial charge >= 0.3 is 5.03 Å². The zero-order chi connectivity index (χ0) is 23.4. The maximum absolute atomic E-state index is 11.0. The Morgan fingerprint density at radius 2 is 1.13 bits per heavy atom. The predicted octanol–water partition coefficient (Wildman–Crippen LogP) is 6.41. The van der Waals surface area contributed by atoms with Gasteiger partial charge in [-0.3, -0.25) is 0 Å². The highest BCUT2D eigenvalue weighted by molar-refractivity contribution is 4.50. The van der Waals surface area contributed by atoms with E-state index in [1.165, 1.54) is 103 Å². The van der Waals surface area contributed by atoms with Crippen molar-refractivity contribution in [3.05, 3.63) is 4.91 Å². The number of nitrogens with zero attached hydrogens (tertiary/aromatic N) is 2. The molecule has 0 aliphatic heterocycles. The van der Waals surface area contributed by atoms with Gasteiger partial charge in [0, 0.05) is 0 Å². The van der Waals surface area contributed by atoms with Crippen LogP contribution in [0.25, 0.3) is 0 Å². The second-order valence-electron chi connectivity index (χ2n) is 8.83. The minimum atomic E-state index is -0.139. The lowest BCUT2D eigenvalue weighted by Crippen LogP contribution is -2.28. The van der Waals surface area contributed by atoms with Crippen molar-refractivity contribution in [1.82, 2.24) is 10.3 Å². The molecule has 0 aliphatic carbocycles. The zero-order valence-electron chi connectivity index (χ0n) is 21.5. The summed E-state index contributed by atoms with van der Waals surface area (Å²) in [5.74, 6) is 0. The van der Waals surface area contributed by atoms with Crippen LogP contribution in [0.4, 0.5) is 0 Å². The maximum Gasteiger partial charge on any atom is 0.357 e. The highest BCUT2D eigenvalue weighted by Crippen LogP contribution is 2.13. The summed E-state index contributed by atoms with van der Waals surface area (Å²) in [7, 11) is 4.17. The van der Waals surface area contributed by atoms with E-state index in [2.05, 4.69) is 43.1 Å². The number of unbranched alkanes of at least 4 members (excludes halogenated alkanes) is 15. The van der Waals surface area contributed by atoms with E-state index >= 15 is 0 Å². The molecule has 0 aromatic rings. The fraction of sp³-hybridized carbons (Fsp3) is 1.00. The monoisotopic (exact) mass is 446 g/mol. The molecule has 0 aromatic carbocycles. The van der Waals surface area contributed by atoms with E-state index in [0.717, 1.165) is 12.8 Å². The van der Waals surface area contributed by atoms with Gasteiger partial charge in [0.25, 0.3) is 0 Å². The average Bonchev–Trinajstić information content (AvgIpc) is 2.74. The third-order valence-corrected chi connectivity index (χ3v) is 5.24. The number of hydrazine groups is 1. The highest BCUT2D eigenvalue weighted by atomic mass is 16.8. The molecule has 0 fully saturated rings. The minimum absolute atomic E-state index is 0.0372. The summed E-state index contributed by atoms with van der Waals surface area (Å²) >= 11 is 0. The van der Waals surface area contributed by atoms with Crippen molar-refractivity contribution in [1.29, 1.82) is 0 Å². The fourth-order valence-electron chi connectivity index (χ4n) is 3.46. The highest BCUT2D eigenvalue weighted by Gasteiger charge is 2.06. The number of hydrogen-bond acceptors (Lipinski definition) is 4. The Morgan fingerprint density at radius 3 is 1.45 bits per heavy atom. The second-order valence-corrected chi connectivity index (χ2v) is 8.83. The Bertz CT molecular complexity index is 342. The van der Waals surface area contributed by atoms with E-state index in [0.29, 0.717) is 11.6 Å². The van der Waals surface area contributed by atoms with Gasteiger partial charge in [-0.15, -0.1) is 5.43 Å². The summed E-state index contributed by atoms with van der Waals surface area (Å²) in [5.41, 5.74) is 2.61. The molecule has 0 saturated carbocycles. The van der Waals surface area contributed by atoms with Gasteiger partial charge < -0.3 is 10.0 Å². The Morgan fingerprint density at radius 1 is 0.710 bits per heavy atom. The van der Waals surface area contributed by atoms with Crippen molar-refractivity contribution < 1.29 is 15.0 Å². The molecule has 0 aliphatic rings. The number of aliphatic hydroxyl groups is 1. The number of nitrogens with one attached hydrogen (secondary N) is 1. The van der Waals surface area contributed by atoms with Crippen molar-refractivity contribution in [2.24, 2.45) is 0 Å². The Kier molecular flexibility index (Phi) is 30.3. The third-order valence-electron chi connectivity index (χ3n) is 5.24. The SMILES string of the molecule is CCCCCCCCCCCCCCCCCCN[N+](=O)OCCO.CCCN(C)C. The zero-order valence-corrected chi connectivity index (χ0v) is 21.5. The Labute approximate surface area is 194 Å². The maximum atomic E-state index is 11.0. The van der Waals surface area contributed by atoms with Crippen LogP contribution in [-0.4, -0.2) is 55.4 Å². The van der Waals surface area contributed by atoms with Crippen molar-refractivity contribution in [3.8, 4) is 0 Å². The molecule has 31 heavy (non-hydrogen) atoms. The van der Waals surface area contributed by atoms with Gasteiger partial charge in [-0.25, -0.2) is 4.84 Å². The van der Waals surface area contributed by atoms with Crippen LogP contribution >= 0.6 is 0 Å². The quantitative estimate of drug-likeness (QED) is 0.140. The molecule has 188 valence electrons. The van der Waals surface area contributed by atoms with Crippen LogP contribution in [0.15, 0.2) is 0 Å². The van der Waals surface area contributed by atoms with E-state index in [-0.39, 0.29) is 13.2 Å². The largest absolute Gasteiger partial charge is 0.393 e. The standard InChI is InChI=1S/C20H43N2O3.C5H13N/c1-2-3-4-5-6-7-8-9-10-11-12-13-14-15-16-17-18-21-22(24)25-20-19-23;1-4-5-6(2)3/h23H,2-20H2,1H3,(H,21,24);4-5H2,1-3H3/q+1;. The first kappa shape index (κ1) is 32.3. The van der Waals surface area contributed by atoms with Crippen LogP contribution in [-0.2, 0) is 4.84 Å². The number of hydrogen-bond donors (Lipinski definition) is 2. The first-order valence-electron chi connectivity index (χ1n) is 13.2. The average molecular weight is 447 g/mol.